The number of carbonyl (C=O) groups excluding carboxylic acids is 2. The van der Waals surface area contributed by atoms with Gasteiger partial charge in [-0.15, -0.1) is 0 Å². The van der Waals surface area contributed by atoms with Crippen LogP contribution in [0.4, 0.5) is 0 Å². The Morgan fingerprint density at radius 3 is 2.32 bits per heavy atom. The van der Waals surface area contributed by atoms with Gasteiger partial charge in [0.25, 0.3) is 5.91 Å². The first kappa shape index (κ1) is 20.4. The predicted octanol–water partition coefficient (Wildman–Crippen LogP) is 2.64. The Bertz CT molecular complexity index is 850. The quantitative estimate of drug-likeness (QED) is 0.836. The summed E-state index contributed by atoms with van der Waals surface area (Å²) in [5.41, 5.74) is 3.48. The van der Waals surface area contributed by atoms with Gasteiger partial charge >= 0.3 is 0 Å². The van der Waals surface area contributed by atoms with E-state index in [1.807, 2.05) is 36.9 Å². The minimum atomic E-state index is -0.263. The number of nitrogens with zero attached hydrogens (tertiary/aromatic N) is 3. The molecule has 0 saturated carbocycles. The summed E-state index contributed by atoms with van der Waals surface area (Å²) in [4.78, 5) is 29.0. The van der Waals surface area contributed by atoms with Crippen LogP contribution in [0.2, 0.25) is 5.02 Å². The minimum absolute atomic E-state index is 0.0758. The molecule has 1 fully saturated rings. The van der Waals surface area contributed by atoms with E-state index in [0.29, 0.717) is 23.6 Å². The number of nitrogens with one attached hydrogen (secondary N) is 1. The number of amides is 2. The zero-order valence-electron chi connectivity index (χ0n) is 16.7. The molecule has 0 aliphatic carbocycles. The first-order chi connectivity index (χ1) is 13.4. The lowest BCUT2D eigenvalue weighted by Crippen LogP contribution is -2.47. The number of hydrogen-bond acceptors (Lipinski definition) is 3. The molecule has 0 atom stereocenters. The van der Waals surface area contributed by atoms with E-state index in [-0.39, 0.29) is 11.8 Å². The fourth-order valence-electron chi connectivity index (χ4n) is 3.49. The number of benzene rings is 1. The molecule has 1 aromatic carbocycles. The average molecular weight is 403 g/mol. The number of carbonyl (C=O) groups is 2. The highest BCUT2D eigenvalue weighted by Crippen LogP contribution is 2.23. The predicted molar refractivity (Wildman–Crippen MR) is 111 cm³/mol. The Balaban J connectivity index is 1.61. The smallest absolute Gasteiger partial charge is 0.252 e. The van der Waals surface area contributed by atoms with Gasteiger partial charge in [-0.3, -0.25) is 9.59 Å². The number of likely N-dealkylation sites (N-methyl/N-ethyl adjacent to an activating group) is 1. The molecule has 1 saturated heterocycles. The molecule has 0 bridgehead atoms. The molecule has 0 spiro atoms. The summed E-state index contributed by atoms with van der Waals surface area (Å²) in [7, 11) is 2.05. The van der Waals surface area contributed by atoms with Crippen molar-refractivity contribution in [2.24, 2.45) is 0 Å². The van der Waals surface area contributed by atoms with Gasteiger partial charge in [0.2, 0.25) is 5.91 Å². The van der Waals surface area contributed by atoms with Crippen molar-refractivity contribution in [2.45, 2.75) is 20.3 Å². The fraction of sp³-hybridized carbons (Fsp3) is 0.429. The lowest BCUT2D eigenvalue weighted by molar-refractivity contribution is -0.132. The van der Waals surface area contributed by atoms with E-state index in [2.05, 4.69) is 21.8 Å². The summed E-state index contributed by atoms with van der Waals surface area (Å²) < 4.78 is 2.07. The van der Waals surface area contributed by atoms with Crippen LogP contribution in [0.3, 0.4) is 0 Å². The van der Waals surface area contributed by atoms with Gasteiger partial charge in [-0.2, -0.15) is 0 Å². The Kier molecular flexibility index (Phi) is 6.42. The van der Waals surface area contributed by atoms with Crippen LogP contribution in [0.1, 0.15) is 28.2 Å². The monoisotopic (exact) mass is 402 g/mol. The van der Waals surface area contributed by atoms with Gasteiger partial charge < -0.3 is 19.7 Å². The highest BCUT2D eigenvalue weighted by molar-refractivity contribution is 6.33. The molecule has 0 radical (unpaired) electrons. The molecule has 0 unspecified atom stereocenters. The highest BCUT2D eigenvalue weighted by atomic mass is 35.5. The number of aryl methyl sites for hydroxylation is 2. The lowest BCUT2D eigenvalue weighted by Gasteiger charge is -2.32. The van der Waals surface area contributed by atoms with E-state index in [9.17, 15) is 9.59 Å². The summed E-state index contributed by atoms with van der Waals surface area (Å²) in [6, 6.07) is 9.50. The molecule has 1 aromatic heterocycles. The number of aromatic nitrogens is 1. The maximum absolute atomic E-state index is 12.6. The normalized spacial score (nSPS) is 14.9. The molecule has 7 heteroatoms. The first-order valence-electron chi connectivity index (χ1n) is 9.56. The zero-order chi connectivity index (χ0) is 20.3. The number of rotatable bonds is 5. The molecule has 1 aliphatic heterocycles. The van der Waals surface area contributed by atoms with E-state index in [4.69, 9.17) is 11.6 Å². The van der Waals surface area contributed by atoms with Crippen molar-refractivity contribution in [3.05, 3.63) is 52.3 Å². The first-order valence-corrected chi connectivity index (χ1v) is 9.94. The van der Waals surface area contributed by atoms with E-state index in [1.54, 1.807) is 12.1 Å². The minimum Gasteiger partial charge on any atom is -0.351 e. The van der Waals surface area contributed by atoms with Crippen LogP contribution < -0.4 is 5.32 Å². The topological polar surface area (TPSA) is 57.6 Å². The second-order valence-corrected chi connectivity index (χ2v) is 7.71. The van der Waals surface area contributed by atoms with Gasteiger partial charge in [0, 0.05) is 56.2 Å². The Labute approximate surface area is 171 Å². The molecule has 2 amide bonds. The Hall–Kier alpha value is -2.31. The van der Waals surface area contributed by atoms with E-state index < -0.39 is 0 Å². The highest BCUT2D eigenvalue weighted by Gasteiger charge is 2.19. The van der Waals surface area contributed by atoms with Crippen molar-refractivity contribution in [2.75, 3.05) is 39.8 Å². The maximum atomic E-state index is 12.6. The Morgan fingerprint density at radius 2 is 1.68 bits per heavy atom. The van der Waals surface area contributed by atoms with Crippen LogP contribution in [-0.4, -0.2) is 66.0 Å². The summed E-state index contributed by atoms with van der Waals surface area (Å²) in [6.07, 6.45) is 0.294. The third-order valence-electron chi connectivity index (χ3n) is 5.20. The second kappa shape index (κ2) is 8.80. The van der Waals surface area contributed by atoms with Crippen molar-refractivity contribution >= 4 is 23.4 Å². The van der Waals surface area contributed by atoms with Crippen molar-refractivity contribution < 1.29 is 9.59 Å². The molecular formula is C21H27ClN4O2. The van der Waals surface area contributed by atoms with E-state index in [1.165, 1.54) is 0 Å². The van der Waals surface area contributed by atoms with Crippen LogP contribution in [-0.2, 0) is 4.79 Å². The SMILES string of the molecule is Cc1ccc(C)n1-c1ccc(Cl)c(C(=O)NCCC(=O)N2CCN(C)CC2)c1. The fourth-order valence-corrected chi connectivity index (χ4v) is 3.70. The molecule has 150 valence electrons. The van der Waals surface area contributed by atoms with Crippen LogP contribution in [0, 0.1) is 13.8 Å². The van der Waals surface area contributed by atoms with Crippen molar-refractivity contribution in [3.8, 4) is 5.69 Å². The molecule has 1 N–H and O–H groups in total. The van der Waals surface area contributed by atoms with Gasteiger partial charge in [0.05, 0.1) is 10.6 Å². The third-order valence-corrected chi connectivity index (χ3v) is 5.53. The van der Waals surface area contributed by atoms with Crippen LogP contribution in [0.25, 0.3) is 5.69 Å². The standard InChI is InChI=1S/C21H27ClN4O2/c1-15-4-5-16(2)26(15)17-6-7-19(22)18(14-17)21(28)23-9-8-20(27)25-12-10-24(3)11-13-25/h4-7,14H,8-13H2,1-3H3,(H,23,28). The third kappa shape index (κ3) is 4.56. The lowest BCUT2D eigenvalue weighted by atomic mass is 10.1. The molecule has 2 heterocycles. The molecule has 28 heavy (non-hydrogen) atoms. The van der Waals surface area contributed by atoms with E-state index in [0.717, 1.165) is 43.3 Å². The molecule has 6 nitrogen and oxygen atoms in total. The van der Waals surface area contributed by atoms with Gasteiger partial charge in [-0.05, 0) is 51.2 Å². The van der Waals surface area contributed by atoms with Gasteiger partial charge in [0.1, 0.15) is 0 Å². The summed E-state index contributed by atoms with van der Waals surface area (Å²) in [5, 5.41) is 3.23. The molecular weight excluding hydrogens is 376 g/mol. The van der Waals surface area contributed by atoms with E-state index >= 15 is 0 Å². The van der Waals surface area contributed by atoms with Gasteiger partial charge in [0.15, 0.2) is 0 Å². The summed E-state index contributed by atoms with van der Waals surface area (Å²) in [6.45, 7) is 7.60. The molecule has 1 aliphatic rings. The van der Waals surface area contributed by atoms with Gasteiger partial charge in [-0.25, -0.2) is 0 Å². The maximum Gasteiger partial charge on any atom is 0.252 e. The van der Waals surface area contributed by atoms with Crippen LogP contribution in [0.5, 0.6) is 0 Å². The zero-order valence-corrected chi connectivity index (χ0v) is 17.4. The number of halogens is 1. The molecule has 3 rings (SSSR count). The summed E-state index contributed by atoms with van der Waals surface area (Å²) >= 11 is 6.26. The average Bonchev–Trinajstić information content (AvgIpc) is 3.01. The van der Waals surface area contributed by atoms with Crippen molar-refractivity contribution in [3.63, 3.8) is 0 Å². The van der Waals surface area contributed by atoms with Gasteiger partial charge in [-0.1, -0.05) is 11.6 Å². The van der Waals surface area contributed by atoms with Crippen molar-refractivity contribution in [1.29, 1.82) is 0 Å². The number of hydrogen-bond donors (Lipinski definition) is 1. The number of piperazine rings is 1. The molecule has 2 aromatic rings. The van der Waals surface area contributed by atoms with Crippen molar-refractivity contribution in [1.82, 2.24) is 19.7 Å². The van der Waals surface area contributed by atoms with Crippen LogP contribution in [0.15, 0.2) is 30.3 Å². The Morgan fingerprint density at radius 1 is 1.04 bits per heavy atom. The largest absolute Gasteiger partial charge is 0.351 e. The van der Waals surface area contributed by atoms with Crippen LogP contribution >= 0.6 is 11.6 Å². The summed E-state index contributed by atoms with van der Waals surface area (Å²) in [5.74, 6) is -0.188. The second-order valence-electron chi connectivity index (χ2n) is 7.31.